The summed E-state index contributed by atoms with van der Waals surface area (Å²) in [7, 11) is -3.21. The number of nitrogens with one attached hydrogen (secondary N) is 3. The maximum absolute atomic E-state index is 13.7. The molecule has 0 atom stereocenters. The lowest BCUT2D eigenvalue weighted by molar-refractivity contribution is 0.0925. The van der Waals surface area contributed by atoms with E-state index in [1.54, 1.807) is 0 Å². The second-order valence-electron chi connectivity index (χ2n) is 5.86. The molecule has 10 heteroatoms. The Morgan fingerprint density at radius 1 is 1.33 bits per heavy atom. The lowest BCUT2D eigenvalue weighted by Gasteiger charge is -2.30. The van der Waals surface area contributed by atoms with Gasteiger partial charge in [-0.2, -0.15) is 0 Å². The smallest absolute Gasteiger partial charge is 0.253 e. The van der Waals surface area contributed by atoms with Gasteiger partial charge in [0.25, 0.3) is 5.91 Å². The Kier molecular flexibility index (Phi) is 4.45. The molecule has 1 aliphatic heterocycles. The molecular formula is C14H17FN4O3S2. The number of carbonyl (C=O) groups is 1. The van der Waals surface area contributed by atoms with Crippen molar-refractivity contribution in [2.75, 3.05) is 19.3 Å². The number of benzene rings is 1. The van der Waals surface area contributed by atoms with Crippen molar-refractivity contribution in [1.82, 2.24) is 19.6 Å². The van der Waals surface area contributed by atoms with Gasteiger partial charge in [0.1, 0.15) is 5.82 Å². The first-order valence-electron chi connectivity index (χ1n) is 7.41. The second-order valence-corrected chi connectivity index (χ2v) is 8.26. The summed E-state index contributed by atoms with van der Waals surface area (Å²) in [6, 6.07) is 2.27. The minimum atomic E-state index is -3.21. The van der Waals surface area contributed by atoms with Crippen molar-refractivity contribution in [3.63, 3.8) is 0 Å². The summed E-state index contributed by atoms with van der Waals surface area (Å²) in [4.78, 5) is 18.1. The largest absolute Gasteiger partial charge is 0.349 e. The van der Waals surface area contributed by atoms with Gasteiger partial charge in [-0.3, -0.25) is 4.79 Å². The van der Waals surface area contributed by atoms with E-state index in [-0.39, 0.29) is 11.6 Å². The van der Waals surface area contributed by atoms with Crippen LogP contribution in [0.2, 0.25) is 0 Å². The second kappa shape index (κ2) is 6.26. The molecule has 7 nitrogen and oxygen atoms in total. The Labute approximate surface area is 143 Å². The van der Waals surface area contributed by atoms with Crippen LogP contribution in [0.1, 0.15) is 23.2 Å². The van der Waals surface area contributed by atoms with Gasteiger partial charge in [0.15, 0.2) is 4.77 Å². The van der Waals surface area contributed by atoms with Crippen molar-refractivity contribution >= 4 is 39.2 Å². The van der Waals surface area contributed by atoms with Gasteiger partial charge in [0.2, 0.25) is 10.0 Å². The number of amides is 1. The Morgan fingerprint density at radius 3 is 2.62 bits per heavy atom. The summed E-state index contributed by atoms with van der Waals surface area (Å²) in [6.07, 6.45) is 2.20. The van der Waals surface area contributed by atoms with Crippen LogP contribution in [-0.2, 0) is 10.0 Å². The minimum absolute atomic E-state index is 0.157. The van der Waals surface area contributed by atoms with Crippen LogP contribution in [0.3, 0.4) is 0 Å². The molecular weight excluding hydrogens is 355 g/mol. The fourth-order valence-electron chi connectivity index (χ4n) is 2.88. The predicted molar refractivity (Wildman–Crippen MR) is 90.3 cm³/mol. The van der Waals surface area contributed by atoms with Gasteiger partial charge in [0.05, 0.1) is 22.9 Å². The Hall–Kier alpha value is -1.78. The fourth-order valence-corrected chi connectivity index (χ4v) is 3.97. The molecule has 24 heavy (non-hydrogen) atoms. The number of piperidine rings is 1. The molecule has 0 bridgehead atoms. The zero-order valence-corrected chi connectivity index (χ0v) is 14.6. The van der Waals surface area contributed by atoms with Crippen molar-refractivity contribution in [2.45, 2.75) is 18.9 Å². The number of hydrogen-bond donors (Lipinski definition) is 3. The van der Waals surface area contributed by atoms with Gasteiger partial charge >= 0.3 is 0 Å². The zero-order chi connectivity index (χ0) is 17.5. The molecule has 0 spiro atoms. The molecule has 130 valence electrons. The number of fused-ring (bicyclic) bond motifs is 1. The Morgan fingerprint density at radius 2 is 2.00 bits per heavy atom. The monoisotopic (exact) mass is 372 g/mol. The maximum atomic E-state index is 13.7. The van der Waals surface area contributed by atoms with Crippen molar-refractivity contribution in [1.29, 1.82) is 0 Å². The van der Waals surface area contributed by atoms with Gasteiger partial charge < -0.3 is 15.3 Å². The van der Waals surface area contributed by atoms with Crippen LogP contribution in [0.5, 0.6) is 0 Å². The van der Waals surface area contributed by atoms with E-state index in [1.165, 1.54) is 16.6 Å². The topological polar surface area (TPSA) is 98.1 Å². The van der Waals surface area contributed by atoms with Crippen LogP contribution in [0, 0.1) is 10.6 Å². The molecule has 0 radical (unpaired) electrons. The number of aromatic nitrogens is 2. The van der Waals surface area contributed by atoms with Crippen LogP contribution in [0.15, 0.2) is 12.1 Å². The number of sulfonamides is 1. The highest BCUT2D eigenvalue weighted by atomic mass is 32.2. The summed E-state index contributed by atoms with van der Waals surface area (Å²) < 4.78 is 38.4. The average Bonchev–Trinajstić information content (AvgIpc) is 2.85. The lowest BCUT2D eigenvalue weighted by Crippen LogP contribution is -2.46. The number of aromatic amines is 2. The molecule has 2 aromatic rings. The van der Waals surface area contributed by atoms with Crippen molar-refractivity contribution in [3.05, 3.63) is 28.3 Å². The number of hydrogen-bond acceptors (Lipinski definition) is 4. The third-order valence-corrected chi connectivity index (χ3v) is 5.60. The number of rotatable bonds is 3. The van der Waals surface area contributed by atoms with Crippen LogP contribution < -0.4 is 5.32 Å². The highest BCUT2D eigenvalue weighted by molar-refractivity contribution is 7.88. The van der Waals surface area contributed by atoms with Gasteiger partial charge in [-0.1, -0.05) is 0 Å². The molecule has 1 amide bonds. The molecule has 3 rings (SSSR count). The average molecular weight is 372 g/mol. The number of nitrogens with zero attached hydrogens (tertiary/aromatic N) is 1. The first-order chi connectivity index (χ1) is 11.2. The molecule has 1 fully saturated rings. The number of imidazole rings is 1. The molecule has 1 aliphatic rings. The van der Waals surface area contributed by atoms with E-state index in [4.69, 9.17) is 12.2 Å². The minimum Gasteiger partial charge on any atom is -0.349 e. The molecule has 1 saturated heterocycles. The molecule has 0 unspecified atom stereocenters. The van der Waals surface area contributed by atoms with E-state index >= 15 is 0 Å². The quantitative estimate of drug-likeness (QED) is 0.712. The van der Waals surface area contributed by atoms with Crippen LogP contribution in [0.25, 0.3) is 11.0 Å². The number of halogens is 1. The van der Waals surface area contributed by atoms with Crippen molar-refractivity contribution < 1.29 is 17.6 Å². The van der Waals surface area contributed by atoms with E-state index < -0.39 is 21.7 Å². The third-order valence-electron chi connectivity index (χ3n) is 4.09. The van der Waals surface area contributed by atoms with Gasteiger partial charge in [-0.05, 0) is 37.2 Å². The first-order valence-corrected chi connectivity index (χ1v) is 9.67. The van der Waals surface area contributed by atoms with Gasteiger partial charge in [-0.25, -0.2) is 17.1 Å². The third kappa shape index (κ3) is 3.50. The SMILES string of the molecule is CS(=O)(=O)N1CCC(NC(=O)c2cc(F)cc3[nH]c(=S)[nH]c23)CC1. The van der Waals surface area contributed by atoms with E-state index in [2.05, 4.69) is 15.3 Å². The van der Waals surface area contributed by atoms with Crippen LogP contribution in [0.4, 0.5) is 4.39 Å². The summed E-state index contributed by atoms with van der Waals surface area (Å²) >= 11 is 4.98. The predicted octanol–water partition coefficient (Wildman–Crippen LogP) is 1.52. The summed E-state index contributed by atoms with van der Waals surface area (Å²) in [5, 5.41) is 2.84. The van der Waals surface area contributed by atoms with Crippen molar-refractivity contribution in [2.24, 2.45) is 0 Å². The summed E-state index contributed by atoms with van der Waals surface area (Å²) in [5.74, 6) is -0.952. The van der Waals surface area contributed by atoms with Crippen LogP contribution >= 0.6 is 12.2 Å². The number of carbonyl (C=O) groups excluding carboxylic acids is 1. The normalized spacial score (nSPS) is 17.2. The summed E-state index contributed by atoms with van der Waals surface area (Å²) in [6.45, 7) is 0.712. The molecule has 1 aromatic heterocycles. The van der Waals surface area contributed by atoms with E-state index in [9.17, 15) is 17.6 Å². The van der Waals surface area contributed by atoms with Gasteiger partial charge in [-0.15, -0.1) is 0 Å². The molecule has 2 heterocycles. The lowest BCUT2D eigenvalue weighted by atomic mass is 10.1. The van der Waals surface area contributed by atoms with E-state index in [0.29, 0.717) is 41.7 Å². The highest BCUT2D eigenvalue weighted by Gasteiger charge is 2.26. The zero-order valence-electron chi connectivity index (χ0n) is 12.9. The molecule has 0 aliphatic carbocycles. The fraction of sp³-hybridized carbons (Fsp3) is 0.429. The molecule has 0 saturated carbocycles. The van der Waals surface area contributed by atoms with Crippen LogP contribution in [-0.4, -0.2) is 54.0 Å². The molecule has 1 aromatic carbocycles. The Balaban J connectivity index is 1.76. The van der Waals surface area contributed by atoms with E-state index in [1.807, 2.05) is 0 Å². The van der Waals surface area contributed by atoms with Crippen molar-refractivity contribution in [3.8, 4) is 0 Å². The Bertz CT molecular complexity index is 943. The number of H-pyrrole nitrogens is 2. The molecule has 3 N–H and O–H groups in total. The maximum Gasteiger partial charge on any atom is 0.253 e. The van der Waals surface area contributed by atoms with Gasteiger partial charge in [0, 0.05) is 19.1 Å². The summed E-state index contributed by atoms with van der Waals surface area (Å²) in [5.41, 5.74) is 1.05. The standard InChI is InChI=1S/C14H17FN4O3S2/c1-24(21,22)19-4-2-9(3-5-19)16-13(20)10-6-8(15)7-11-12(10)18-14(23)17-11/h6-7,9H,2-5H2,1H3,(H,16,20)(H2,17,18,23). The first kappa shape index (κ1) is 17.1. The highest BCUT2D eigenvalue weighted by Crippen LogP contribution is 2.19. The van der Waals surface area contributed by atoms with E-state index in [0.717, 1.165) is 6.07 Å².